The molecule has 1 aromatic heterocycles. The molecule has 1 aromatic carbocycles. The number of hydrogen-bond acceptors (Lipinski definition) is 3. The van der Waals surface area contributed by atoms with Crippen LogP contribution in [0.2, 0.25) is 0 Å². The first-order valence-corrected chi connectivity index (χ1v) is 8.49. The molecule has 2 heterocycles. The van der Waals surface area contributed by atoms with Crippen LogP contribution in [0.1, 0.15) is 31.0 Å². The van der Waals surface area contributed by atoms with Crippen molar-refractivity contribution in [1.29, 1.82) is 0 Å². The predicted molar refractivity (Wildman–Crippen MR) is 98.9 cm³/mol. The van der Waals surface area contributed by atoms with E-state index >= 15 is 0 Å². The minimum atomic E-state index is -0.0109. The molecule has 5 heteroatoms. The molecule has 3 nitrogen and oxygen atoms in total. The van der Waals surface area contributed by atoms with Crippen molar-refractivity contribution in [2.45, 2.75) is 25.8 Å². The highest BCUT2D eigenvalue weighted by Crippen LogP contribution is 2.28. The number of benzene rings is 1. The summed E-state index contributed by atoms with van der Waals surface area (Å²) in [6.45, 7) is 2.15. The van der Waals surface area contributed by atoms with E-state index in [-0.39, 0.29) is 6.04 Å². The molecule has 0 radical (unpaired) electrons. The summed E-state index contributed by atoms with van der Waals surface area (Å²) >= 11 is 9.08. The van der Waals surface area contributed by atoms with Gasteiger partial charge in [0.2, 0.25) is 0 Å². The Bertz CT molecular complexity index is 728. The van der Waals surface area contributed by atoms with Crippen LogP contribution >= 0.6 is 28.1 Å². The van der Waals surface area contributed by atoms with E-state index in [1.807, 2.05) is 30.3 Å². The Hall–Kier alpha value is -1.59. The van der Waals surface area contributed by atoms with Crippen LogP contribution in [0.15, 0.2) is 52.1 Å². The van der Waals surface area contributed by atoms with Gasteiger partial charge in [0.25, 0.3) is 0 Å². The number of benzodiazepines with no additional fused rings is 1. The molecule has 0 spiro atoms. The Kier molecular flexibility index (Phi) is 4.64. The van der Waals surface area contributed by atoms with E-state index in [1.54, 1.807) is 6.20 Å². The van der Waals surface area contributed by atoms with Crippen LogP contribution in [-0.4, -0.2) is 21.7 Å². The van der Waals surface area contributed by atoms with E-state index < -0.39 is 0 Å². The highest BCUT2D eigenvalue weighted by atomic mass is 79.9. The molecular weight excluding hydrogens is 358 g/mol. The van der Waals surface area contributed by atoms with E-state index in [1.165, 1.54) is 0 Å². The topological polar surface area (TPSA) is 37.3 Å². The van der Waals surface area contributed by atoms with Gasteiger partial charge in [-0.15, -0.1) is 0 Å². The zero-order valence-electron chi connectivity index (χ0n) is 12.2. The van der Waals surface area contributed by atoms with E-state index in [4.69, 9.17) is 17.2 Å². The molecule has 1 atom stereocenters. The lowest BCUT2D eigenvalue weighted by molar-refractivity contribution is 0.739. The van der Waals surface area contributed by atoms with Crippen LogP contribution in [0.4, 0.5) is 5.69 Å². The van der Waals surface area contributed by atoms with Gasteiger partial charge >= 0.3 is 0 Å². The van der Waals surface area contributed by atoms with Gasteiger partial charge in [0.15, 0.2) is 0 Å². The van der Waals surface area contributed by atoms with Crippen LogP contribution in [0.25, 0.3) is 0 Å². The fourth-order valence-corrected chi connectivity index (χ4v) is 3.14. The summed E-state index contributed by atoms with van der Waals surface area (Å²) in [7, 11) is 0. The highest BCUT2D eigenvalue weighted by Gasteiger charge is 2.23. The third-order valence-electron chi connectivity index (χ3n) is 3.55. The van der Waals surface area contributed by atoms with Crippen LogP contribution in [0.5, 0.6) is 0 Å². The monoisotopic (exact) mass is 373 g/mol. The summed E-state index contributed by atoms with van der Waals surface area (Å²) in [5, 5.41) is 3.35. The van der Waals surface area contributed by atoms with Crippen LogP contribution in [-0.2, 0) is 0 Å². The molecule has 0 saturated carbocycles. The first-order chi connectivity index (χ1) is 10.7. The lowest BCUT2D eigenvalue weighted by Gasteiger charge is -2.12. The number of anilines is 1. The molecule has 1 aliphatic heterocycles. The second-order valence-electron chi connectivity index (χ2n) is 5.18. The number of halogens is 1. The van der Waals surface area contributed by atoms with Crippen molar-refractivity contribution in [3.05, 3.63) is 58.3 Å². The number of nitrogens with zero attached hydrogens (tertiary/aromatic N) is 2. The minimum Gasteiger partial charge on any atom is -0.348 e. The largest absolute Gasteiger partial charge is 0.348 e. The molecule has 0 amide bonds. The fourth-order valence-electron chi connectivity index (χ4n) is 2.50. The van der Waals surface area contributed by atoms with Crippen molar-refractivity contribution in [2.75, 3.05) is 5.32 Å². The number of aromatic nitrogens is 1. The SMILES string of the molecule is CCCC1N=C(c2ccccn2)c2cc(Br)ccc2NC1=S. The Morgan fingerprint density at radius 1 is 1.27 bits per heavy atom. The van der Waals surface area contributed by atoms with Gasteiger partial charge in [0.1, 0.15) is 11.0 Å². The minimum absolute atomic E-state index is 0.0109. The number of fused-ring (bicyclic) bond motifs is 1. The van der Waals surface area contributed by atoms with Crippen LogP contribution < -0.4 is 5.32 Å². The summed E-state index contributed by atoms with van der Waals surface area (Å²) in [6.07, 6.45) is 3.75. The number of hydrogen-bond donors (Lipinski definition) is 1. The summed E-state index contributed by atoms with van der Waals surface area (Å²) < 4.78 is 1.01. The number of nitrogens with one attached hydrogen (secondary N) is 1. The fraction of sp³-hybridized carbons (Fsp3) is 0.235. The third-order valence-corrected chi connectivity index (χ3v) is 4.42. The quantitative estimate of drug-likeness (QED) is 0.798. The van der Waals surface area contributed by atoms with Gasteiger partial charge in [-0.2, -0.15) is 0 Å². The molecule has 1 unspecified atom stereocenters. The Labute approximate surface area is 144 Å². The highest BCUT2D eigenvalue weighted by molar-refractivity contribution is 9.10. The summed E-state index contributed by atoms with van der Waals surface area (Å²) in [5.74, 6) is 0. The van der Waals surface area contributed by atoms with E-state index in [2.05, 4.69) is 39.2 Å². The first-order valence-electron chi connectivity index (χ1n) is 7.29. The maximum atomic E-state index is 5.54. The molecule has 1 aliphatic rings. The van der Waals surface area contributed by atoms with Gasteiger partial charge in [0.05, 0.1) is 11.4 Å². The molecular formula is C17H16BrN3S. The smallest absolute Gasteiger partial charge is 0.105 e. The Morgan fingerprint density at radius 3 is 2.86 bits per heavy atom. The average molecular weight is 374 g/mol. The second-order valence-corrected chi connectivity index (χ2v) is 6.53. The molecule has 2 aromatic rings. The molecule has 0 aliphatic carbocycles. The van der Waals surface area contributed by atoms with Crippen molar-refractivity contribution in [2.24, 2.45) is 4.99 Å². The van der Waals surface area contributed by atoms with Gasteiger partial charge in [-0.25, -0.2) is 0 Å². The molecule has 0 bridgehead atoms. The molecule has 0 saturated heterocycles. The molecule has 0 fully saturated rings. The van der Waals surface area contributed by atoms with Gasteiger partial charge < -0.3 is 5.32 Å². The molecule has 112 valence electrons. The van der Waals surface area contributed by atoms with Gasteiger partial charge in [-0.05, 0) is 36.8 Å². The lowest BCUT2D eigenvalue weighted by atomic mass is 10.0. The Morgan fingerprint density at radius 2 is 2.14 bits per heavy atom. The normalized spacial score (nSPS) is 17.3. The van der Waals surface area contributed by atoms with Gasteiger partial charge in [0, 0.05) is 21.9 Å². The van der Waals surface area contributed by atoms with Crippen molar-refractivity contribution < 1.29 is 0 Å². The summed E-state index contributed by atoms with van der Waals surface area (Å²) in [6, 6.07) is 12.0. The predicted octanol–water partition coefficient (Wildman–Crippen LogP) is 4.60. The average Bonchev–Trinajstić information content (AvgIpc) is 2.66. The maximum absolute atomic E-state index is 5.54. The Balaban J connectivity index is 2.18. The van der Waals surface area contributed by atoms with Crippen molar-refractivity contribution in [3.63, 3.8) is 0 Å². The van der Waals surface area contributed by atoms with Crippen LogP contribution in [0, 0.1) is 0 Å². The summed E-state index contributed by atoms with van der Waals surface area (Å²) in [4.78, 5) is 10.2. The number of aliphatic imine (C=N–C) groups is 1. The summed E-state index contributed by atoms with van der Waals surface area (Å²) in [5.41, 5.74) is 3.77. The zero-order valence-corrected chi connectivity index (χ0v) is 14.6. The van der Waals surface area contributed by atoms with Gasteiger partial charge in [-0.3, -0.25) is 9.98 Å². The molecule has 22 heavy (non-hydrogen) atoms. The number of rotatable bonds is 3. The zero-order chi connectivity index (χ0) is 15.5. The van der Waals surface area contributed by atoms with E-state index in [0.717, 1.165) is 45.0 Å². The standard InChI is InChI=1S/C17H16BrN3S/c1-2-5-15-17(22)21-13-8-7-11(18)10-12(13)16(20-15)14-6-3-4-9-19-14/h3-4,6-10,15H,2,5H2,1H3,(H,21,22). The lowest BCUT2D eigenvalue weighted by Crippen LogP contribution is -2.23. The maximum Gasteiger partial charge on any atom is 0.105 e. The van der Waals surface area contributed by atoms with E-state index in [0.29, 0.717) is 0 Å². The van der Waals surface area contributed by atoms with Gasteiger partial charge in [-0.1, -0.05) is 47.6 Å². The number of pyridine rings is 1. The van der Waals surface area contributed by atoms with Crippen molar-refractivity contribution in [1.82, 2.24) is 4.98 Å². The van der Waals surface area contributed by atoms with Crippen molar-refractivity contribution in [3.8, 4) is 0 Å². The first kappa shape index (κ1) is 15.3. The van der Waals surface area contributed by atoms with E-state index in [9.17, 15) is 0 Å². The second kappa shape index (κ2) is 6.67. The number of thiocarbonyl (C=S) groups is 1. The molecule has 1 N–H and O–H groups in total. The van der Waals surface area contributed by atoms with Crippen molar-refractivity contribution >= 4 is 44.5 Å². The molecule has 3 rings (SSSR count). The van der Waals surface area contributed by atoms with Crippen LogP contribution in [0.3, 0.4) is 0 Å². The third kappa shape index (κ3) is 3.10.